The van der Waals surface area contributed by atoms with E-state index in [-0.39, 0.29) is 11.9 Å². The summed E-state index contributed by atoms with van der Waals surface area (Å²) in [5, 5.41) is 11.9. The van der Waals surface area contributed by atoms with Crippen LogP contribution >= 0.6 is 0 Å². The van der Waals surface area contributed by atoms with Gasteiger partial charge in [0.05, 0.1) is 29.2 Å². The van der Waals surface area contributed by atoms with Gasteiger partial charge < -0.3 is 9.84 Å². The van der Waals surface area contributed by atoms with Crippen molar-refractivity contribution in [3.8, 4) is 17.1 Å². The summed E-state index contributed by atoms with van der Waals surface area (Å²) in [5.41, 5.74) is 2.41. The molecule has 1 aliphatic rings. The van der Waals surface area contributed by atoms with E-state index in [0.717, 1.165) is 36.6 Å². The van der Waals surface area contributed by atoms with Crippen LogP contribution < -0.4 is 5.32 Å². The molecule has 3 aromatic rings. The Balaban J connectivity index is 1.64. The number of halogens is 1. The van der Waals surface area contributed by atoms with Crippen molar-refractivity contribution >= 4 is 0 Å². The molecule has 7 nitrogen and oxygen atoms in total. The van der Waals surface area contributed by atoms with Gasteiger partial charge in [0.2, 0.25) is 0 Å². The van der Waals surface area contributed by atoms with Gasteiger partial charge in [0, 0.05) is 19.6 Å². The van der Waals surface area contributed by atoms with Crippen molar-refractivity contribution in [3.63, 3.8) is 0 Å². The van der Waals surface area contributed by atoms with Gasteiger partial charge >= 0.3 is 0 Å². The molecule has 1 saturated heterocycles. The molecule has 3 heterocycles. The Hall–Kier alpha value is -2.58. The van der Waals surface area contributed by atoms with Crippen molar-refractivity contribution in [2.45, 2.75) is 13.0 Å². The number of rotatable bonds is 3. The van der Waals surface area contributed by atoms with E-state index >= 15 is 0 Å². The summed E-state index contributed by atoms with van der Waals surface area (Å²) in [5.74, 6) is 0.832. The highest BCUT2D eigenvalue weighted by molar-refractivity contribution is 5.56. The fraction of sp³-hybridized carbons (Fsp3) is 0.353. The van der Waals surface area contributed by atoms with Crippen LogP contribution in [0.3, 0.4) is 0 Å². The quantitative estimate of drug-likeness (QED) is 0.784. The second kappa shape index (κ2) is 6.38. The third-order valence-corrected chi connectivity index (χ3v) is 4.56. The molecular weight excluding hydrogens is 323 g/mol. The molecule has 25 heavy (non-hydrogen) atoms. The van der Waals surface area contributed by atoms with Gasteiger partial charge in [0.25, 0.3) is 5.89 Å². The van der Waals surface area contributed by atoms with E-state index in [1.807, 2.05) is 6.92 Å². The highest BCUT2D eigenvalue weighted by Gasteiger charge is 2.26. The summed E-state index contributed by atoms with van der Waals surface area (Å²) in [4.78, 5) is 6.77. The van der Waals surface area contributed by atoms with Crippen LogP contribution in [0.15, 0.2) is 35.0 Å². The van der Waals surface area contributed by atoms with E-state index in [2.05, 4.69) is 32.5 Å². The first-order valence-electron chi connectivity index (χ1n) is 8.19. The summed E-state index contributed by atoms with van der Waals surface area (Å²) in [7, 11) is 2.05. The maximum absolute atomic E-state index is 13.1. The minimum Gasteiger partial charge on any atom is -0.334 e. The molecule has 8 heteroatoms. The lowest BCUT2D eigenvalue weighted by Gasteiger charge is -2.30. The van der Waals surface area contributed by atoms with Crippen molar-refractivity contribution < 1.29 is 8.91 Å². The number of aromatic nitrogens is 4. The van der Waals surface area contributed by atoms with Gasteiger partial charge in [-0.25, -0.2) is 9.07 Å². The average molecular weight is 342 g/mol. The molecule has 1 unspecified atom stereocenters. The zero-order valence-electron chi connectivity index (χ0n) is 14.1. The van der Waals surface area contributed by atoms with Gasteiger partial charge in [-0.3, -0.25) is 4.90 Å². The second-order valence-electron chi connectivity index (χ2n) is 6.19. The Morgan fingerprint density at radius 3 is 2.84 bits per heavy atom. The fourth-order valence-corrected chi connectivity index (χ4v) is 3.04. The fourth-order valence-electron chi connectivity index (χ4n) is 3.04. The van der Waals surface area contributed by atoms with Crippen molar-refractivity contribution in [2.24, 2.45) is 0 Å². The molecule has 0 radical (unpaired) electrons. The molecule has 0 aliphatic carbocycles. The third-order valence-electron chi connectivity index (χ3n) is 4.56. The molecule has 1 atom stereocenters. The Labute approximate surface area is 144 Å². The van der Waals surface area contributed by atoms with Crippen molar-refractivity contribution in [1.82, 2.24) is 30.1 Å². The van der Waals surface area contributed by atoms with Gasteiger partial charge in [-0.2, -0.15) is 10.1 Å². The van der Waals surface area contributed by atoms with Gasteiger partial charge in [0.1, 0.15) is 5.82 Å². The monoisotopic (exact) mass is 342 g/mol. The van der Waals surface area contributed by atoms with E-state index in [1.165, 1.54) is 12.1 Å². The molecule has 1 aromatic carbocycles. The average Bonchev–Trinajstić information content (AvgIpc) is 3.23. The SMILES string of the molecule is Cc1c(-c2nc(C3CNCCN3C)no2)cnn1-c1ccc(F)cc1. The summed E-state index contributed by atoms with van der Waals surface area (Å²) in [6, 6.07) is 6.28. The Morgan fingerprint density at radius 2 is 2.08 bits per heavy atom. The van der Waals surface area contributed by atoms with Gasteiger partial charge in [-0.1, -0.05) is 5.16 Å². The molecule has 0 saturated carbocycles. The number of benzene rings is 1. The van der Waals surface area contributed by atoms with Crippen LogP contribution in [0.1, 0.15) is 17.6 Å². The standard InChI is InChI=1S/C17H19FN6O/c1-11-14(9-20-24(11)13-5-3-12(18)4-6-13)17-21-16(22-25-17)15-10-19-7-8-23(15)2/h3-6,9,15,19H,7-8,10H2,1-2H3. The zero-order valence-corrected chi connectivity index (χ0v) is 14.1. The molecule has 1 aliphatic heterocycles. The summed E-state index contributed by atoms with van der Waals surface area (Å²) >= 11 is 0. The van der Waals surface area contributed by atoms with E-state index in [1.54, 1.807) is 23.0 Å². The van der Waals surface area contributed by atoms with Crippen LogP contribution in [0.2, 0.25) is 0 Å². The van der Waals surface area contributed by atoms with Crippen molar-refractivity contribution in [3.05, 3.63) is 47.8 Å². The lowest BCUT2D eigenvalue weighted by Crippen LogP contribution is -2.44. The summed E-state index contributed by atoms with van der Waals surface area (Å²) < 4.78 is 20.3. The number of nitrogens with one attached hydrogen (secondary N) is 1. The van der Waals surface area contributed by atoms with Gasteiger partial charge in [-0.05, 0) is 38.2 Å². The summed E-state index contributed by atoms with van der Waals surface area (Å²) in [6.07, 6.45) is 1.69. The molecule has 0 spiro atoms. The lowest BCUT2D eigenvalue weighted by molar-refractivity contribution is 0.190. The lowest BCUT2D eigenvalue weighted by atomic mass is 10.2. The maximum Gasteiger partial charge on any atom is 0.261 e. The first-order chi connectivity index (χ1) is 12.1. The normalized spacial score (nSPS) is 18.6. The minimum atomic E-state index is -0.277. The Bertz CT molecular complexity index is 872. The molecule has 0 bridgehead atoms. The number of hydrogen-bond acceptors (Lipinski definition) is 6. The molecule has 2 aromatic heterocycles. The molecular formula is C17H19FN6O. The number of nitrogens with zero attached hydrogens (tertiary/aromatic N) is 5. The molecule has 4 rings (SSSR count). The van der Waals surface area contributed by atoms with Crippen LogP contribution in [0.4, 0.5) is 4.39 Å². The van der Waals surface area contributed by atoms with Crippen LogP contribution in [0.25, 0.3) is 17.1 Å². The van der Waals surface area contributed by atoms with E-state index in [0.29, 0.717) is 11.7 Å². The predicted octanol–water partition coefficient (Wildman–Crippen LogP) is 1.95. The number of piperazine rings is 1. The highest BCUT2D eigenvalue weighted by atomic mass is 19.1. The van der Waals surface area contributed by atoms with Crippen LogP contribution in [0.5, 0.6) is 0 Å². The van der Waals surface area contributed by atoms with Gasteiger partial charge in [0.15, 0.2) is 5.82 Å². The topological polar surface area (TPSA) is 72.0 Å². The number of hydrogen-bond donors (Lipinski definition) is 1. The number of likely N-dealkylation sites (N-methyl/N-ethyl adjacent to an activating group) is 1. The third kappa shape index (κ3) is 2.94. The molecule has 1 N–H and O–H groups in total. The van der Waals surface area contributed by atoms with Gasteiger partial charge in [-0.15, -0.1) is 0 Å². The van der Waals surface area contributed by atoms with E-state index < -0.39 is 0 Å². The first-order valence-corrected chi connectivity index (χ1v) is 8.19. The predicted molar refractivity (Wildman–Crippen MR) is 89.8 cm³/mol. The van der Waals surface area contributed by atoms with Crippen LogP contribution in [-0.2, 0) is 0 Å². The molecule has 130 valence electrons. The molecule has 1 fully saturated rings. The first kappa shape index (κ1) is 15.9. The summed E-state index contributed by atoms with van der Waals surface area (Å²) in [6.45, 7) is 4.62. The van der Waals surface area contributed by atoms with E-state index in [9.17, 15) is 4.39 Å². The Morgan fingerprint density at radius 1 is 1.28 bits per heavy atom. The highest BCUT2D eigenvalue weighted by Crippen LogP contribution is 2.26. The van der Waals surface area contributed by atoms with Crippen molar-refractivity contribution in [1.29, 1.82) is 0 Å². The smallest absolute Gasteiger partial charge is 0.261 e. The maximum atomic E-state index is 13.1. The largest absolute Gasteiger partial charge is 0.334 e. The van der Waals surface area contributed by atoms with Crippen LogP contribution in [0, 0.1) is 12.7 Å². The van der Waals surface area contributed by atoms with E-state index in [4.69, 9.17) is 4.52 Å². The second-order valence-corrected chi connectivity index (χ2v) is 6.19. The molecule has 0 amide bonds. The Kier molecular flexibility index (Phi) is 4.06. The van der Waals surface area contributed by atoms with Crippen molar-refractivity contribution in [2.75, 3.05) is 26.7 Å². The minimum absolute atomic E-state index is 0.0960. The van der Waals surface area contributed by atoms with Crippen LogP contribution in [-0.4, -0.2) is 51.5 Å². The zero-order chi connectivity index (χ0) is 17.4.